The summed E-state index contributed by atoms with van der Waals surface area (Å²) in [6.07, 6.45) is 0. The van der Waals surface area contributed by atoms with E-state index in [2.05, 4.69) is 16.8 Å². The van der Waals surface area contributed by atoms with Crippen LogP contribution in [0.3, 0.4) is 0 Å². The maximum Gasteiger partial charge on any atom is 0.115 e. The van der Waals surface area contributed by atoms with Crippen LogP contribution < -0.4 is 0 Å². The third-order valence-electron chi connectivity index (χ3n) is 1.34. The number of hydrogen-bond acceptors (Lipinski definition) is 2. The Balaban J connectivity index is 2.56. The molecule has 1 unspecified atom stereocenters. The van der Waals surface area contributed by atoms with Crippen molar-refractivity contribution in [1.82, 2.24) is 4.90 Å². The third-order valence-corrected chi connectivity index (χ3v) is 1.55. The molecule has 0 N–H and O–H groups in total. The molecule has 1 rings (SSSR count). The average Bonchev–Trinajstić information content (AvgIpc) is 1.59. The molecule has 0 aromatic carbocycles. The minimum Gasteiger partial charge on any atom is -0.298 e. The number of likely N-dealkylation sites (N-methyl/N-ethyl adjacent to an activating group) is 1. The van der Waals surface area contributed by atoms with Gasteiger partial charge in [-0.05, 0) is 14.0 Å². The van der Waals surface area contributed by atoms with Gasteiger partial charge < -0.3 is 0 Å². The number of rotatable bonds is 0. The fraction of sp³-hybridized carbons (Fsp3) is 0.833. The lowest BCUT2D eigenvalue weighted by atomic mass is 10.3. The van der Waals surface area contributed by atoms with Gasteiger partial charge in [-0.1, -0.05) is 11.6 Å². The highest BCUT2D eigenvalue weighted by atomic mass is 35.5. The summed E-state index contributed by atoms with van der Waals surface area (Å²) in [6, 6.07) is 0.372. The van der Waals surface area contributed by atoms with Crippen molar-refractivity contribution in [3.63, 3.8) is 0 Å². The number of nitrogens with zero attached hydrogens (tertiary/aromatic N) is 2. The van der Waals surface area contributed by atoms with Gasteiger partial charge in [-0.15, -0.1) is 0 Å². The van der Waals surface area contributed by atoms with E-state index in [1.165, 1.54) is 0 Å². The molecule has 3 heteroatoms. The number of aliphatic imine (C=N–C) groups is 1. The summed E-state index contributed by atoms with van der Waals surface area (Å²) in [5.74, 6) is 0. The summed E-state index contributed by atoms with van der Waals surface area (Å²) in [5, 5.41) is 0.733. The molecule has 0 fully saturated rings. The van der Waals surface area contributed by atoms with Crippen molar-refractivity contribution in [2.24, 2.45) is 4.99 Å². The van der Waals surface area contributed by atoms with Gasteiger partial charge in [-0.3, -0.25) is 9.89 Å². The van der Waals surface area contributed by atoms with Crippen LogP contribution in [0.1, 0.15) is 6.92 Å². The highest BCUT2D eigenvalue weighted by Gasteiger charge is 2.12. The van der Waals surface area contributed by atoms with Crippen molar-refractivity contribution in [3.8, 4) is 0 Å². The summed E-state index contributed by atoms with van der Waals surface area (Å²) in [5.41, 5.74) is 0. The van der Waals surface area contributed by atoms with Gasteiger partial charge in [0.05, 0.1) is 12.6 Å². The number of halogens is 1. The summed E-state index contributed by atoms with van der Waals surface area (Å²) in [7, 11) is 2.05. The van der Waals surface area contributed by atoms with Crippen LogP contribution in [0.5, 0.6) is 0 Å². The SMILES string of the molecule is CC1CN(C)CC(Cl)=N1. The van der Waals surface area contributed by atoms with E-state index in [1.807, 2.05) is 7.05 Å². The van der Waals surface area contributed by atoms with E-state index in [9.17, 15) is 0 Å². The average molecular weight is 147 g/mol. The second-order valence-electron chi connectivity index (χ2n) is 2.55. The molecule has 0 aromatic heterocycles. The third kappa shape index (κ3) is 1.95. The van der Waals surface area contributed by atoms with Gasteiger partial charge >= 0.3 is 0 Å². The fourth-order valence-corrected chi connectivity index (χ4v) is 1.43. The quantitative estimate of drug-likeness (QED) is 0.497. The van der Waals surface area contributed by atoms with E-state index < -0.39 is 0 Å². The molecule has 0 aliphatic carbocycles. The molecule has 0 saturated heterocycles. The van der Waals surface area contributed by atoms with Crippen LogP contribution in [0.25, 0.3) is 0 Å². The minimum absolute atomic E-state index is 0.372. The summed E-state index contributed by atoms with van der Waals surface area (Å²) in [6.45, 7) is 3.90. The van der Waals surface area contributed by atoms with Crippen LogP contribution in [0, 0.1) is 0 Å². The molecule has 0 aromatic rings. The zero-order valence-corrected chi connectivity index (χ0v) is 6.52. The van der Waals surface area contributed by atoms with E-state index in [4.69, 9.17) is 11.6 Å². The maximum absolute atomic E-state index is 5.71. The van der Waals surface area contributed by atoms with E-state index in [1.54, 1.807) is 0 Å². The lowest BCUT2D eigenvalue weighted by Crippen LogP contribution is -2.35. The molecule has 0 amide bonds. The van der Waals surface area contributed by atoms with Crippen LogP contribution in [-0.2, 0) is 0 Å². The molecule has 1 aliphatic rings. The van der Waals surface area contributed by atoms with Crippen LogP contribution >= 0.6 is 11.6 Å². The molecule has 2 nitrogen and oxygen atoms in total. The highest BCUT2D eigenvalue weighted by Crippen LogP contribution is 2.04. The Morgan fingerprint density at radius 2 is 2.44 bits per heavy atom. The zero-order valence-electron chi connectivity index (χ0n) is 5.76. The van der Waals surface area contributed by atoms with Crippen molar-refractivity contribution in [2.45, 2.75) is 13.0 Å². The van der Waals surface area contributed by atoms with Crippen LogP contribution in [0.4, 0.5) is 0 Å². The van der Waals surface area contributed by atoms with Gasteiger partial charge in [0.25, 0.3) is 0 Å². The molecular weight excluding hydrogens is 136 g/mol. The lowest BCUT2D eigenvalue weighted by molar-refractivity contribution is 0.345. The topological polar surface area (TPSA) is 15.6 Å². The smallest absolute Gasteiger partial charge is 0.115 e. The molecular formula is C6H11ClN2. The normalized spacial score (nSPS) is 30.1. The van der Waals surface area contributed by atoms with Gasteiger partial charge in [0.1, 0.15) is 5.17 Å². The van der Waals surface area contributed by atoms with Crippen LogP contribution in [0.2, 0.25) is 0 Å². The standard InChI is InChI=1S/C6H11ClN2/c1-5-3-9(2)4-6(7)8-5/h5H,3-4H2,1-2H3. The second kappa shape index (κ2) is 2.67. The van der Waals surface area contributed by atoms with E-state index in [-0.39, 0.29) is 0 Å². The molecule has 0 bridgehead atoms. The predicted octanol–water partition coefficient (Wildman–Crippen LogP) is 0.958. The first kappa shape index (κ1) is 7.03. The van der Waals surface area contributed by atoms with Gasteiger partial charge in [0, 0.05) is 6.54 Å². The minimum atomic E-state index is 0.372. The summed E-state index contributed by atoms with van der Waals surface area (Å²) < 4.78 is 0. The lowest BCUT2D eigenvalue weighted by Gasteiger charge is -2.23. The van der Waals surface area contributed by atoms with Crippen molar-refractivity contribution in [1.29, 1.82) is 0 Å². The van der Waals surface area contributed by atoms with Crippen molar-refractivity contribution in [3.05, 3.63) is 0 Å². The Morgan fingerprint density at radius 3 is 2.89 bits per heavy atom. The Bertz CT molecular complexity index is 133. The van der Waals surface area contributed by atoms with Gasteiger partial charge in [-0.2, -0.15) is 0 Å². The van der Waals surface area contributed by atoms with Crippen molar-refractivity contribution in [2.75, 3.05) is 20.1 Å². The Labute approximate surface area is 60.5 Å². The Hall–Kier alpha value is -0.0800. The molecule has 1 atom stereocenters. The number of hydrogen-bond donors (Lipinski definition) is 0. The first-order chi connectivity index (χ1) is 4.18. The molecule has 1 heterocycles. The predicted molar refractivity (Wildman–Crippen MR) is 40.2 cm³/mol. The maximum atomic E-state index is 5.71. The molecule has 52 valence electrons. The van der Waals surface area contributed by atoms with Crippen molar-refractivity contribution < 1.29 is 0 Å². The molecule has 0 spiro atoms. The second-order valence-corrected chi connectivity index (χ2v) is 2.99. The van der Waals surface area contributed by atoms with E-state index in [0.29, 0.717) is 6.04 Å². The van der Waals surface area contributed by atoms with Gasteiger partial charge in [0.2, 0.25) is 0 Å². The summed E-state index contributed by atoms with van der Waals surface area (Å²) in [4.78, 5) is 6.34. The van der Waals surface area contributed by atoms with E-state index >= 15 is 0 Å². The molecule has 1 aliphatic heterocycles. The van der Waals surface area contributed by atoms with Gasteiger partial charge in [0.15, 0.2) is 0 Å². The van der Waals surface area contributed by atoms with E-state index in [0.717, 1.165) is 18.3 Å². The Morgan fingerprint density at radius 1 is 1.78 bits per heavy atom. The first-order valence-corrected chi connectivity index (χ1v) is 3.47. The Kier molecular flexibility index (Phi) is 2.09. The largest absolute Gasteiger partial charge is 0.298 e. The summed E-state index contributed by atoms with van der Waals surface area (Å²) >= 11 is 5.71. The molecule has 0 radical (unpaired) electrons. The molecule has 9 heavy (non-hydrogen) atoms. The van der Waals surface area contributed by atoms with Crippen LogP contribution in [-0.4, -0.2) is 36.2 Å². The molecule has 0 saturated carbocycles. The monoisotopic (exact) mass is 146 g/mol. The van der Waals surface area contributed by atoms with Crippen molar-refractivity contribution >= 4 is 16.8 Å². The first-order valence-electron chi connectivity index (χ1n) is 3.09. The van der Waals surface area contributed by atoms with Gasteiger partial charge in [-0.25, -0.2) is 0 Å². The zero-order chi connectivity index (χ0) is 6.85. The highest BCUT2D eigenvalue weighted by molar-refractivity contribution is 6.66. The van der Waals surface area contributed by atoms with Crippen LogP contribution in [0.15, 0.2) is 4.99 Å². The fourth-order valence-electron chi connectivity index (χ4n) is 1.06.